The average molecular weight is 440 g/mol. The van der Waals surface area contributed by atoms with Crippen molar-refractivity contribution in [1.82, 2.24) is 10.6 Å². The van der Waals surface area contributed by atoms with Gasteiger partial charge >= 0.3 is 0 Å². The highest BCUT2D eigenvalue weighted by Crippen LogP contribution is 2.30. The molecule has 9 heteroatoms. The highest BCUT2D eigenvalue weighted by molar-refractivity contribution is 7.18. The van der Waals surface area contributed by atoms with Gasteiger partial charge in [0.15, 0.2) is 0 Å². The summed E-state index contributed by atoms with van der Waals surface area (Å²) in [4.78, 5) is 38.3. The number of anilines is 1. The van der Waals surface area contributed by atoms with Crippen molar-refractivity contribution >= 4 is 57.9 Å². The van der Waals surface area contributed by atoms with E-state index in [9.17, 15) is 14.4 Å². The topological polar surface area (TPSA) is 78.5 Å². The van der Waals surface area contributed by atoms with Gasteiger partial charge in [0.05, 0.1) is 9.36 Å². The monoisotopic (exact) mass is 439 g/mol. The summed E-state index contributed by atoms with van der Waals surface area (Å²) in [5, 5.41) is 5.74. The first-order chi connectivity index (χ1) is 13.5. The SMILES string of the molecule is O=C(NCCNC(=O)c1sc(Cl)cc1Cl)c1ccc(N2CCCCC2=O)cc1. The van der Waals surface area contributed by atoms with E-state index in [4.69, 9.17) is 23.2 Å². The molecule has 1 aliphatic rings. The number of nitrogens with one attached hydrogen (secondary N) is 2. The number of thiophene rings is 1. The number of carbonyl (C=O) groups excluding carboxylic acids is 3. The maximum atomic E-state index is 12.2. The Morgan fingerprint density at radius 1 is 1.04 bits per heavy atom. The van der Waals surface area contributed by atoms with E-state index in [1.54, 1.807) is 29.2 Å². The minimum atomic E-state index is -0.327. The van der Waals surface area contributed by atoms with Crippen LogP contribution in [0.15, 0.2) is 30.3 Å². The van der Waals surface area contributed by atoms with E-state index in [-0.39, 0.29) is 30.8 Å². The molecule has 0 aliphatic carbocycles. The molecular formula is C19H19Cl2N3O3S. The highest BCUT2D eigenvalue weighted by atomic mass is 35.5. The quantitative estimate of drug-likeness (QED) is 0.672. The summed E-state index contributed by atoms with van der Waals surface area (Å²) in [7, 11) is 0. The van der Waals surface area contributed by atoms with Crippen molar-refractivity contribution in [3.8, 4) is 0 Å². The Kier molecular flexibility index (Phi) is 6.93. The first kappa shape index (κ1) is 20.6. The lowest BCUT2D eigenvalue weighted by Crippen LogP contribution is -2.35. The lowest BCUT2D eigenvalue weighted by Gasteiger charge is -2.26. The highest BCUT2D eigenvalue weighted by Gasteiger charge is 2.19. The van der Waals surface area contributed by atoms with Crippen LogP contribution in [0.5, 0.6) is 0 Å². The van der Waals surface area contributed by atoms with Crippen LogP contribution in [0, 0.1) is 0 Å². The third-order valence-corrected chi connectivity index (χ3v) is 6.00. The van der Waals surface area contributed by atoms with E-state index in [0.717, 1.165) is 29.9 Å². The summed E-state index contributed by atoms with van der Waals surface area (Å²) < 4.78 is 0.443. The Hall–Kier alpha value is -2.09. The molecule has 0 unspecified atom stereocenters. The number of piperidine rings is 1. The number of amides is 3. The zero-order valence-electron chi connectivity index (χ0n) is 15.0. The van der Waals surface area contributed by atoms with E-state index >= 15 is 0 Å². The third kappa shape index (κ3) is 5.04. The Morgan fingerprint density at radius 2 is 1.71 bits per heavy atom. The van der Waals surface area contributed by atoms with Gasteiger partial charge in [-0.05, 0) is 43.2 Å². The molecule has 1 fully saturated rings. The predicted octanol–water partition coefficient (Wildman–Crippen LogP) is 3.73. The van der Waals surface area contributed by atoms with Crippen molar-refractivity contribution in [2.45, 2.75) is 19.3 Å². The van der Waals surface area contributed by atoms with E-state index in [2.05, 4.69) is 10.6 Å². The van der Waals surface area contributed by atoms with Gasteiger partial charge in [-0.15, -0.1) is 11.3 Å². The third-order valence-electron chi connectivity index (χ3n) is 4.32. The molecule has 0 atom stereocenters. The first-order valence-electron chi connectivity index (χ1n) is 8.87. The standard InChI is InChI=1S/C19H19Cl2N3O3S/c20-14-11-15(21)28-17(14)19(27)23-9-8-22-18(26)12-4-6-13(7-5-12)24-10-2-1-3-16(24)25/h4-7,11H,1-3,8-10H2,(H,22,26)(H,23,27). The molecule has 1 saturated heterocycles. The number of benzene rings is 1. The van der Waals surface area contributed by atoms with Crippen LogP contribution >= 0.6 is 34.5 Å². The molecule has 3 amide bonds. The lowest BCUT2D eigenvalue weighted by molar-refractivity contribution is -0.119. The van der Waals surface area contributed by atoms with Crippen LogP contribution in [0.25, 0.3) is 0 Å². The molecule has 28 heavy (non-hydrogen) atoms. The molecule has 0 radical (unpaired) electrons. The van der Waals surface area contributed by atoms with E-state index in [0.29, 0.717) is 32.8 Å². The first-order valence-corrected chi connectivity index (χ1v) is 10.4. The van der Waals surface area contributed by atoms with Crippen molar-refractivity contribution in [2.24, 2.45) is 0 Å². The number of hydrogen-bond acceptors (Lipinski definition) is 4. The molecule has 6 nitrogen and oxygen atoms in total. The van der Waals surface area contributed by atoms with Gasteiger partial charge in [-0.2, -0.15) is 0 Å². The summed E-state index contributed by atoms with van der Waals surface area (Å²) >= 11 is 12.9. The van der Waals surface area contributed by atoms with Crippen LogP contribution in [0.3, 0.4) is 0 Å². The number of carbonyl (C=O) groups is 3. The van der Waals surface area contributed by atoms with Gasteiger partial charge in [-0.3, -0.25) is 14.4 Å². The van der Waals surface area contributed by atoms with Gasteiger partial charge in [-0.25, -0.2) is 0 Å². The van der Waals surface area contributed by atoms with E-state index < -0.39 is 0 Å². The van der Waals surface area contributed by atoms with E-state index in [1.165, 1.54) is 6.07 Å². The van der Waals surface area contributed by atoms with Crippen molar-refractivity contribution in [2.75, 3.05) is 24.5 Å². The second kappa shape index (κ2) is 9.41. The fourth-order valence-electron chi connectivity index (χ4n) is 2.90. The molecule has 0 spiro atoms. The molecule has 0 bridgehead atoms. The Bertz CT molecular complexity index is 883. The van der Waals surface area contributed by atoms with E-state index in [1.807, 2.05) is 0 Å². The zero-order chi connectivity index (χ0) is 20.1. The summed E-state index contributed by atoms with van der Waals surface area (Å²) in [6, 6.07) is 8.47. The van der Waals surface area contributed by atoms with Crippen molar-refractivity contribution in [3.05, 3.63) is 50.1 Å². The van der Waals surface area contributed by atoms with Gasteiger partial charge in [0, 0.05) is 37.3 Å². The minimum Gasteiger partial charge on any atom is -0.350 e. The summed E-state index contributed by atoms with van der Waals surface area (Å²) in [6.07, 6.45) is 2.48. The predicted molar refractivity (Wildman–Crippen MR) is 112 cm³/mol. The fraction of sp³-hybridized carbons (Fsp3) is 0.316. The lowest BCUT2D eigenvalue weighted by atomic mass is 10.1. The van der Waals surface area contributed by atoms with Gasteiger partial charge in [0.1, 0.15) is 4.88 Å². The van der Waals surface area contributed by atoms with Gasteiger partial charge in [0.2, 0.25) is 5.91 Å². The Morgan fingerprint density at radius 3 is 2.32 bits per heavy atom. The van der Waals surface area contributed by atoms with Crippen molar-refractivity contribution in [3.63, 3.8) is 0 Å². The fourth-order valence-corrected chi connectivity index (χ4v) is 4.37. The molecule has 0 saturated carbocycles. The molecule has 1 aliphatic heterocycles. The van der Waals surface area contributed by atoms with Crippen molar-refractivity contribution in [1.29, 1.82) is 0 Å². The largest absolute Gasteiger partial charge is 0.350 e. The Labute approximate surface area is 176 Å². The Balaban J connectivity index is 1.46. The number of nitrogens with zero attached hydrogens (tertiary/aromatic N) is 1. The number of halogens is 2. The average Bonchev–Trinajstić information content (AvgIpc) is 3.03. The van der Waals surface area contributed by atoms with Crippen LogP contribution in [0.4, 0.5) is 5.69 Å². The van der Waals surface area contributed by atoms with Gasteiger partial charge in [0.25, 0.3) is 11.8 Å². The van der Waals surface area contributed by atoms with Crippen LogP contribution in [-0.4, -0.2) is 37.4 Å². The zero-order valence-corrected chi connectivity index (χ0v) is 17.3. The van der Waals surface area contributed by atoms with Gasteiger partial charge in [-0.1, -0.05) is 23.2 Å². The molecule has 148 valence electrons. The normalized spacial score (nSPS) is 14.1. The minimum absolute atomic E-state index is 0.117. The van der Waals surface area contributed by atoms with Crippen molar-refractivity contribution < 1.29 is 14.4 Å². The molecule has 1 aromatic carbocycles. The number of rotatable bonds is 6. The van der Waals surface area contributed by atoms with Crippen LogP contribution in [0.1, 0.15) is 39.3 Å². The maximum Gasteiger partial charge on any atom is 0.263 e. The summed E-state index contributed by atoms with van der Waals surface area (Å²) in [5.41, 5.74) is 1.30. The number of hydrogen-bond donors (Lipinski definition) is 2. The molecular weight excluding hydrogens is 421 g/mol. The molecule has 2 heterocycles. The van der Waals surface area contributed by atoms with Gasteiger partial charge < -0.3 is 15.5 Å². The molecule has 2 N–H and O–H groups in total. The van der Waals surface area contributed by atoms with Crippen LogP contribution in [0.2, 0.25) is 9.36 Å². The summed E-state index contributed by atoms with van der Waals surface area (Å²) in [5.74, 6) is -0.457. The molecule has 2 aromatic rings. The summed E-state index contributed by atoms with van der Waals surface area (Å²) in [6.45, 7) is 1.24. The van der Waals surface area contributed by atoms with Crippen LogP contribution < -0.4 is 15.5 Å². The second-order valence-corrected chi connectivity index (χ2v) is 8.38. The second-order valence-electron chi connectivity index (χ2n) is 6.29. The molecule has 1 aromatic heterocycles. The van der Waals surface area contributed by atoms with Crippen LogP contribution in [-0.2, 0) is 4.79 Å². The maximum absolute atomic E-state index is 12.2. The molecule has 3 rings (SSSR count). The smallest absolute Gasteiger partial charge is 0.263 e.